The minimum atomic E-state index is -1.86. The maximum absolute atomic E-state index is 14.8. The van der Waals surface area contributed by atoms with Crippen molar-refractivity contribution in [1.82, 2.24) is 0 Å². The van der Waals surface area contributed by atoms with E-state index in [1.54, 1.807) is 0 Å². The van der Waals surface area contributed by atoms with E-state index in [4.69, 9.17) is 0 Å². The maximum atomic E-state index is 14.8. The smallest absolute Gasteiger partial charge is 0.166 e. The third kappa shape index (κ3) is 4.72. The Kier molecular flexibility index (Phi) is 6.61. The van der Waals surface area contributed by atoms with E-state index >= 15 is 0 Å². The molecule has 1 fully saturated rings. The summed E-state index contributed by atoms with van der Waals surface area (Å²) in [6.07, 6.45) is 13.5. The highest BCUT2D eigenvalue weighted by atomic mass is 28.3. The van der Waals surface area contributed by atoms with Gasteiger partial charge in [0.1, 0.15) is 0 Å². The first-order chi connectivity index (χ1) is 12.8. The quantitative estimate of drug-likeness (QED) is 0.463. The van der Waals surface area contributed by atoms with Gasteiger partial charge in [-0.05, 0) is 60.6 Å². The first-order valence-electron chi connectivity index (χ1n) is 11.0. The van der Waals surface area contributed by atoms with Crippen LogP contribution < -0.4 is 5.19 Å². The first-order valence-corrected chi connectivity index (χ1v) is 14.5. The molecule has 0 amide bonds. The summed E-state index contributed by atoms with van der Waals surface area (Å²) < 4.78 is 29.4. The van der Waals surface area contributed by atoms with Gasteiger partial charge < -0.3 is 0 Å². The third-order valence-electron chi connectivity index (χ3n) is 6.94. The monoisotopic (exact) mass is 390 g/mol. The molecule has 2 aliphatic rings. The lowest BCUT2D eigenvalue weighted by Crippen LogP contribution is -2.40. The van der Waals surface area contributed by atoms with E-state index in [9.17, 15) is 8.78 Å². The molecule has 0 nitrogen and oxygen atoms in total. The van der Waals surface area contributed by atoms with E-state index in [1.807, 2.05) is 12.1 Å². The molecule has 0 N–H and O–H groups in total. The summed E-state index contributed by atoms with van der Waals surface area (Å²) in [4.78, 5) is 0. The molecular formula is C24H36F2Si. The van der Waals surface area contributed by atoms with Crippen molar-refractivity contribution >= 4 is 18.8 Å². The van der Waals surface area contributed by atoms with Gasteiger partial charge in [-0.2, -0.15) is 0 Å². The fraction of sp³-hybridized carbons (Fsp3) is 0.667. The Labute approximate surface area is 165 Å². The largest absolute Gasteiger partial charge is 0.204 e. The molecule has 1 unspecified atom stereocenters. The Morgan fingerprint density at radius 2 is 1.63 bits per heavy atom. The van der Waals surface area contributed by atoms with Crippen LogP contribution in [-0.4, -0.2) is 8.07 Å². The van der Waals surface area contributed by atoms with Crippen LogP contribution in [0.5, 0.6) is 0 Å². The SMILES string of the molecule is CCCC1CCC(C2CC=C(c3ccc([Si](C)(C)C)c(F)c3F)CC2)CC1. The van der Waals surface area contributed by atoms with E-state index in [0.29, 0.717) is 10.8 Å². The van der Waals surface area contributed by atoms with Crippen molar-refractivity contribution in [2.75, 3.05) is 0 Å². The molecule has 1 aromatic rings. The van der Waals surface area contributed by atoms with Crippen molar-refractivity contribution in [3.63, 3.8) is 0 Å². The molecule has 1 atom stereocenters. The Balaban J connectivity index is 1.67. The van der Waals surface area contributed by atoms with Crippen LogP contribution in [0.25, 0.3) is 5.57 Å². The van der Waals surface area contributed by atoms with Gasteiger partial charge in [-0.25, -0.2) is 8.78 Å². The highest BCUT2D eigenvalue weighted by Gasteiger charge is 2.30. The molecule has 150 valence electrons. The molecule has 0 spiro atoms. The van der Waals surface area contributed by atoms with Gasteiger partial charge in [0.2, 0.25) is 0 Å². The van der Waals surface area contributed by atoms with Crippen molar-refractivity contribution in [3.8, 4) is 0 Å². The van der Waals surface area contributed by atoms with E-state index < -0.39 is 19.7 Å². The van der Waals surface area contributed by atoms with Gasteiger partial charge in [-0.15, -0.1) is 0 Å². The Morgan fingerprint density at radius 3 is 2.19 bits per heavy atom. The summed E-state index contributed by atoms with van der Waals surface area (Å²) in [5.41, 5.74) is 1.52. The highest BCUT2D eigenvalue weighted by molar-refractivity contribution is 6.88. The first kappa shape index (κ1) is 20.8. The van der Waals surface area contributed by atoms with E-state index in [2.05, 4.69) is 32.6 Å². The summed E-state index contributed by atoms with van der Waals surface area (Å²) in [5, 5.41) is 0.599. The Morgan fingerprint density at radius 1 is 0.926 bits per heavy atom. The average Bonchev–Trinajstić information content (AvgIpc) is 2.64. The second-order valence-corrected chi connectivity index (χ2v) is 14.9. The number of allylic oxidation sites excluding steroid dienone is 2. The van der Waals surface area contributed by atoms with Crippen LogP contribution in [-0.2, 0) is 0 Å². The summed E-state index contributed by atoms with van der Waals surface area (Å²) in [6, 6.07) is 3.66. The molecule has 1 aromatic carbocycles. The minimum Gasteiger partial charge on any atom is -0.204 e. The van der Waals surface area contributed by atoms with Crippen molar-refractivity contribution in [3.05, 3.63) is 35.4 Å². The van der Waals surface area contributed by atoms with Crippen molar-refractivity contribution in [2.45, 2.75) is 84.4 Å². The molecule has 0 aliphatic heterocycles. The lowest BCUT2D eigenvalue weighted by molar-refractivity contribution is 0.189. The topological polar surface area (TPSA) is 0 Å². The molecule has 2 aliphatic carbocycles. The lowest BCUT2D eigenvalue weighted by Gasteiger charge is -2.35. The van der Waals surface area contributed by atoms with Crippen LogP contribution >= 0.6 is 0 Å². The molecule has 0 aromatic heterocycles. The van der Waals surface area contributed by atoms with Crippen LogP contribution in [0.1, 0.15) is 70.3 Å². The molecule has 0 saturated heterocycles. The second kappa shape index (κ2) is 8.59. The number of halogens is 2. The van der Waals surface area contributed by atoms with E-state index in [0.717, 1.165) is 42.6 Å². The van der Waals surface area contributed by atoms with Gasteiger partial charge >= 0.3 is 0 Å². The van der Waals surface area contributed by atoms with Crippen molar-refractivity contribution in [2.24, 2.45) is 17.8 Å². The van der Waals surface area contributed by atoms with Crippen LogP contribution in [0.15, 0.2) is 18.2 Å². The number of hydrogen-bond donors (Lipinski definition) is 0. The second-order valence-electron chi connectivity index (χ2n) is 9.87. The zero-order valence-corrected chi connectivity index (χ0v) is 18.6. The normalized spacial score (nSPS) is 26.7. The van der Waals surface area contributed by atoms with E-state index in [1.165, 1.54) is 38.5 Å². The van der Waals surface area contributed by atoms with E-state index in [-0.39, 0.29) is 0 Å². The predicted octanol–water partition coefficient (Wildman–Crippen LogP) is 7.30. The summed E-state index contributed by atoms with van der Waals surface area (Å²) in [6.45, 7) is 8.47. The minimum absolute atomic E-state index is 0.500. The van der Waals surface area contributed by atoms with Gasteiger partial charge in [0.05, 0.1) is 8.07 Å². The Hall–Kier alpha value is -0.963. The molecule has 3 heteroatoms. The Bertz CT molecular complexity index is 678. The standard InChI is InChI=1S/C24H36F2Si/c1-5-6-17-7-9-18(10-8-17)19-11-13-20(14-12-19)21-15-16-22(27(2,3)4)24(26)23(21)25/h13,15-19H,5-12,14H2,1-4H3. The van der Waals surface area contributed by atoms with Crippen LogP contribution in [0, 0.1) is 29.4 Å². The molecule has 1 saturated carbocycles. The van der Waals surface area contributed by atoms with Gasteiger partial charge in [0, 0.05) is 5.56 Å². The van der Waals surface area contributed by atoms with Gasteiger partial charge in [0.15, 0.2) is 11.6 Å². The molecule has 0 heterocycles. The molecule has 3 rings (SSSR count). The fourth-order valence-corrected chi connectivity index (χ4v) is 6.61. The zero-order valence-electron chi connectivity index (χ0n) is 17.6. The van der Waals surface area contributed by atoms with Crippen LogP contribution in [0.3, 0.4) is 0 Å². The molecule has 0 bridgehead atoms. The fourth-order valence-electron chi connectivity index (χ4n) is 5.26. The summed E-state index contributed by atoms with van der Waals surface area (Å²) >= 11 is 0. The molecular weight excluding hydrogens is 354 g/mol. The van der Waals surface area contributed by atoms with Crippen molar-refractivity contribution in [1.29, 1.82) is 0 Å². The van der Waals surface area contributed by atoms with Crippen molar-refractivity contribution < 1.29 is 8.78 Å². The van der Waals surface area contributed by atoms with Gasteiger partial charge in [0.25, 0.3) is 0 Å². The average molecular weight is 391 g/mol. The van der Waals surface area contributed by atoms with Crippen LogP contribution in [0.4, 0.5) is 8.78 Å². The maximum Gasteiger partial charge on any atom is 0.166 e. The van der Waals surface area contributed by atoms with Crippen LogP contribution in [0.2, 0.25) is 19.6 Å². The highest BCUT2D eigenvalue weighted by Crippen LogP contribution is 2.42. The molecule has 27 heavy (non-hydrogen) atoms. The van der Waals surface area contributed by atoms with Gasteiger partial charge in [-0.1, -0.05) is 70.5 Å². The number of rotatable bonds is 5. The third-order valence-corrected chi connectivity index (χ3v) is 8.94. The molecule has 0 radical (unpaired) electrons. The van der Waals surface area contributed by atoms with Gasteiger partial charge in [-0.3, -0.25) is 0 Å². The summed E-state index contributed by atoms with van der Waals surface area (Å²) in [7, 11) is -1.86. The lowest BCUT2D eigenvalue weighted by atomic mass is 9.70. The number of hydrogen-bond acceptors (Lipinski definition) is 0. The zero-order chi connectivity index (χ0) is 19.6. The predicted molar refractivity (Wildman–Crippen MR) is 115 cm³/mol. The summed E-state index contributed by atoms with van der Waals surface area (Å²) in [5.74, 6) is 1.30. The number of benzene rings is 1.